The molecule has 28 heavy (non-hydrogen) atoms. The summed E-state index contributed by atoms with van der Waals surface area (Å²) in [5.41, 5.74) is 3.57. The molecule has 0 saturated carbocycles. The van der Waals surface area contributed by atoms with Gasteiger partial charge < -0.3 is 14.0 Å². The summed E-state index contributed by atoms with van der Waals surface area (Å²) < 4.78 is 15.1. The van der Waals surface area contributed by atoms with Crippen molar-refractivity contribution in [3.8, 4) is 11.4 Å². The number of hydrogen-bond acceptors (Lipinski definition) is 6. The van der Waals surface area contributed by atoms with Gasteiger partial charge in [0, 0.05) is 30.1 Å². The maximum absolute atomic E-state index is 12.7. The molecular weight excluding hydrogens is 358 g/mol. The second kappa shape index (κ2) is 7.93. The SMILES string of the molecule is Cc1cc(C(=O)COc2ccc(-n3cnnn3)cc2)c(C)n1C[C@@H]1CCCO1. The lowest BCUT2D eigenvalue weighted by atomic mass is 10.1. The molecule has 3 aromatic rings. The van der Waals surface area contributed by atoms with Crippen molar-refractivity contribution in [3.63, 3.8) is 0 Å². The Morgan fingerprint density at radius 1 is 1.29 bits per heavy atom. The lowest BCUT2D eigenvalue weighted by Crippen LogP contribution is -2.18. The molecular formula is C20H23N5O3. The molecule has 0 unspecified atom stereocenters. The first kappa shape index (κ1) is 18.4. The minimum Gasteiger partial charge on any atom is -0.485 e. The van der Waals surface area contributed by atoms with Crippen molar-refractivity contribution in [3.05, 3.63) is 53.6 Å². The average Bonchev–Trinajstić information content (AvgIpc) is 3.46. The van der Waals surface area contributed by atoms with Gasteiger partial charge in [-0.2, -0.15) is 0 Å². The second-order valence-electron chi connectivity index (χ2n) is 6.99. The third-order valence-electron chi connectivity index (χ3n) is 5.10. The standard InChI is InChI=1S/C20H23N5O3/c1-14-10-19(15(2)24(14)11-18-4-3-9-27-18)20(26)12-28-17-7-5-16(6-8-17)25-13-21-22-23-25/h5-8,10,13,18H,3-4,9,11-12H2,1-2H3/t18-/m0/s1. The predicted octanol–water partition coefficient (Wildman–Crippen LogP) is 2.52. The van der Waals surface area contributed by atoms with Gasteiger partial charge in [-0.1, -0.05) is 0 Å². The van der Waals surface area contributed by atoms with Crippen molar-refractivity contribution < 1.29 is 14.3 Å². The van der Waals surface area contributed by atoms with Gasteiger partial charge >= 0.3 is 0 Å². The first-order chi connectivity index (χ1) is 13.6. The van der Waals surface area contributed by atoms with Crippen LogP contribution in [0.4, 0.5) is 0 Å². The van der Waals surface area contributed by atoms with Gasteiger partial charge in [0.1, 0.15) is 12.1 Å². The summed E-state index contributed by atoms with van der Waals surface area (Å²) in [6.07, 6.45) is 3.94. The molecule has 0 amide bonds. The minimum absolute atomic E-state index is 0.00551. The topological polar surface area (TPSA) is 84.1 Å². The van der Waals surface area contributed by atoms with Crippen molar-refractivity contribution in [1.82, 2.24) is 24.8 Å². The first-order valence-electron chi connectivity index (χ1n) is 9.39. The van der Waals surface area contributed by atoms with E-state index >= 15 is 0 Å². The van der Waals surface area contributed by atoms with Crippen LogP contribution in [0.15, 0.2) is 36.7 Å². The molecule has 0 aliphatic carbocycles. The summed E-state index contributed by atoms with van der Waals surface area (Å²) in [5.74, 6) is 0.592. The highest BCUT2D eigenvalue weighted by Crippen LogP contribution is 2.21. The number of aryl methyl sites for hydroxylation is 1. The number of Topliss-reactive ketones (excluding diaryl/α,β-unsaturated/α-hetero) is 1. The van der Waals surface area contributed by atoms with Crippen LogP contribution in [0, 0.1) is 13.8 Å². The molecule has 8 nitrogen and oxygen atoms in total. The van der Waals surface area contributed by atoms with Crippen LogP contribution in [-0.2, 0) is 11.3 Å². The molecule has 146 valence electrons. The number of carbonyl (C=O) groups is 1. The Kier molecular flexibility index (Phi) is 5.21. The molecule has 1 atom stereocenters. The molecule has 1 aliphatic rings. The molecule has 3 heterocycles. The Hall–Kier alpha value is -3.00. The molecule has 0 N–H and O–H groups in total. The van der Waals surface area contributed by atoms with Crippen LogP contribution in [0.25, 0.3) is 5.69 Å². The highest BCUT2D eigenvalue weighted by atomic mass is 16.5. The molecule has 0 radical (unpaired) electrons. The largest absolute Gasteiger partial charge is 0.485 e. The van der Waals surface area contributed by atoms with Crippen LogP contribution in [0.3, 0.4) is 0 Å². The van der Waals surface area contributed by atoms with E-state index in [4.69, 9.17) is 9.47 Å². The van der Waals surface area contributed by atoms with Crippen LogP contribution in [0.5, 0.6) is 5.75 Å². The molecule has 8 heteroatoms. The van der Waals surface area contributed by atoms with Crippen molar-refractivity contribution in [2.24, 2.45) is 0 Å². The number of ketones is 1. The number of hydrogen-bond donors (Lipinski definition) is 0. The zero-order valence-corrected chi connectivity index (χ0v) is 16.0. The lowest BCUT2D eigenvalue weighted by Gasteiger charge is -2.14. The molecule has 0 bridgehead atoms. The number of aromatic nitrogens is 5. The summed E-state index contributed by atoms with van der Waals surface area (Å²) in [6.45, 7) is 5.63. The minimum atomic E-state index is -0.0313. The molecule has 4 rings (SSSR count). The summed E-state index contributed by atoms with van der Waals surface area (Å²) >= 11 is 0. The molecule has 1 aromatic carbocycles. The van der Waals surface area contributed by atoms with E-state index in [-0.39, 0.29) is 18.5 Å². The average molecular weight is 381 g/mol. The van der Waals surface area contributed by atoms with Crippen LogP contribution >= 0.6 is 0 Å². The fraction of sp³-hybridized carbons (Fsp3) is 0.400. The van der Waals surface area contributed by atoms with E-state index in [9.17, 15) is 4.79 Å². The maximum atomic E-state index is 12.7. The zero-order chi connectivity index (χ0) is 19.5. The van der Waals surface area contributed by atoms with Gasteiger partial charge in [0.2, 0.25) is 5.78 Å². The Morgan fingerprint density at radius 3 is 2.79 bits per heavy atom. The van der Waals surface area contributed by atoms with Crippen LogP contribution in [0.1, 0.15) is 34.6 Å². The monoisotopic (exact) mass is 381 g/mol. The second-order valence-corrected chi connectivity index (χ2v) is 6.99. The zero-order valence-electron chi connectivity index (χ0n) is 16.0. The molecule has 1 fully saturated rings. The summed E-state index contributed by atoms with van der Waals surface area (Å²) in [5, 5.41) is 11.1. The molecule has 0 spiro atoms. The highest BCUT2D eigenvalue weighted by molar-refractivity contribution is 5.98. The number of nitrogens with zero attached hydrogens (tertiary/aromatic N) is 5. The number of rotatable bonds is 7. The quantitative estimate of drug-likeness (QED) is 0.585. The number of ether oxygens (including phenoxy) is 2. The fourth-order valence-corrected chi connectivity index (χ4v) is 3.56. The number of carbonyl (C=O) groups excluding carboxylic acids is 1. The van der Waals surface area contributed by atoms with Gasteiger partial charge in [0.25, 0.3) is 0 Å². The van der Waals surface area contributed by atoms with E-state index in [0.717, 1.165) is 43.1 Å². The summed E-state index contributed by atoms with van der Waals surface area (Å²) in [7, 11) is 0. The number of benzene rings is 1. The highest BCUT2D eigenvalue weighted by Gasteiger charge is 2.21. The van der Waals surface area contributed by atoms with Gasteiger partial charge in [-0.3, -0.25) is 4.79 Å². The third-order valence-corrected chi connectivity index (χ3v) is 5.10. The van der Waals surface area contributed by atoms with Gasteiger partial charge in [-0.05, 0) is 67.4 Å². The summed E-state index contributed by atoms with van der Waals surface area (Å²) in [4.78, 5) is 12.7. The fourth-order valence-electron chi connectivity index (χ4n) is 3.56. The van der Waals surface area contributed by atoms with Crippen LogP contribution in [-0.4, -0.2) is 49.9 Å². The normalized spacial score (nSPS) is 16.4. The summed E-state index contributed by atoms with van der Waals surface area (Å²) in [6, 6.07) is 9.21. The van der Waals surface area contributed by atoms with E-state index in [0.29, 0.717) is 11.3 Å². The Morgan fingerprint density at radius 2 is 2.11 bits per heavy atom. The van der Waals surface area contributed by atoms with Crippen molar-refractivity contribution >= 4 is 5.78 Å². The lowest BCUT2D eigenvalue weighted by molar-refractivity contribution is 0.0914. The molecule has 2 aromatic heterocycles. The van der Waals surface area contributed by atoms with E-state index < -0.39 is 0 Å². The molecule has 1 saturated heterocycles. The third kappa shape index (κ3) is 3.82. The van der Waals surface area contributed by atoms with E-state index in [1.807, 2.05) is 32.0 Å². The van der Waals surface area contributed by atoms with Crippen LogP contribution < -0.4 is 4.74 Å². The van der Waals surface area contributed by atoms with Gasteiger partial charge in [-0.15, -0.1) is 5.10 Å². The Balaban J connectivity index is 1.39. The Bertz CT molecular complexity index is 941. The van der Waals surface area contributed by atoms with Crippen molar-refractivity contribution in [2.75, 3.05) is 13.2 Å². The van der Waals surface area contributed by atoms with Gasteiger partial charge in [0.05, 0.1) is 11.8 Å². The van der Waals surface area contributed by atoms with Crippen molar-refractivity contribution in [1.29, 1.82) is 0 Å². The van der Waals surface area contributed by atoms with Gasteiger partial charge in [0.15, 0.2) is 6.61 Å². The van der Waals surface area contributed by atoms with Crippen LogP contribution in [0.2, 0.25) is 0 Å². The Labute approximate surface area is 163 Å². The van der Waals surface area contributed by atoms with Crippen molar-refractivity contribution in [2.45, 2.75) is 39.3 Å². The first-order valence-corrected chi connectivity index (χ1v) is 9.39. The smallest absolute Gasteiger partial charge is 0.202 e. The van der Waals surface area contributed by atoms with E-state index in [1.165, 1.54) is 6.33 Å². The maximum Gasteiger partial charge on any atom is 0.202 e. The molecule has 1 aliphatic heterocycles. The predicted molar refractivity (Wildman–Crippen MR) is 102 cm³/mol. The number of tetrazole rings is 1. The van der Waals surface area contributed by atoms with Gasteiger partial charge in [-0.25, -0.2) is 4.68 Å². The van der Waals surface area contributed by atoms with E-state index in [2.05, 4.69) is 20.1 Å². The van der Waals surface area contributed by atoms with E-state index in [1.54, 1.807) is 16.8 Å².